The number of anilines is 1. The summed E-state index contributed by atoms with van der Waals surface area (Å²) in [5, 5.41) is 8.01. The second-order valence-corrected chi connectivity index (χ2v) is 9.74. The molecule has 0 bridgehead atoms. The zero-order chi connectivity index (χ0) is 24.6. The third kappa shape index (κ3) is 3.91. The predicted octanol–water partition coefficient (Wildman–Crippen LogP) is 6.87. The van der Waals surface area contributed by atoms with Gasteiger partial charge in [-0.15, -0.1) is 0 Å². The number of nitrogens with zero attached hydrogens (tertiary/aromatic N) is 4. The normalized spacial score (nSPS) is 14.6. The van der Waals surface area contributed by atoms with Gasteiger partial charge in [-0.05, 0) is 55.0 Å². The molecule has 178 valence electrons. The maximum atomic E-state index is 13.9. The first-order valence-corrected chi connectivity index (χ1v) is 12.6. The van der Waals surface area contributed by atoms with Crippen LogP contribution in [0.4, 0.5) is 10.5 Å². The number of hydrogen-bond donors (Lipinski definition) is 1. The molecule has 1 aliphatic heterocycles. The highest BCUT2D eigenvalue weighted by Crippen LogP contribution is 2.38. The Morgan fingerprint density at radius 1 is 0.944 bits per heavy atom. The van der Waals surface area contributed by atoms with Gasteiger partial charge in [-0.3, -0.25) is 0 Å². The molecule has 0 saturated heterocycles. The Kier molecular flexibility index (Phi) is 5.70. The van der Waals surface area contributed by atoms with Crippen molar-refractivity contribution in [3.05, 3.63) is 130 Å². The van der Waals surface area contributed by atoms with Gasteiger partial charge in [0.1, 0.15) is 5.82 Å². The van der Waals surface area contributed by atoms with Gasteiger partial charge in [-0.25, -0.2) is 9.48 Å². The molecule has 2 aromatic heterocycles. The van der Waals surface area contributed by atoms with Crippen molar-refractivity contribution in [3.8, 4) is 11.5 Å². The summed E-state index contributed by atoms with van der Waals surface area (Å²) in [5.74, 6) is 0.956. The number of rotatable bonds is 3. The smallest absolute Gasteiger partial charge is 0.308 e. The van der Waals surface area contributed by atoms with Gasteiger partial charge in [0.15, 0.2) is 0 Å². The van der Waals surface area contributed by atoms with E-state index >= 15 is 0 Å². The van der Waals surface area contributed by atoms with Crippen LogP contribution in [0.2, 0.25) is 0 Å². The molecule has 36 heavy (non-hydrogen) atoms. The number of aryl methyl sites for hydroxylation is 1. The fourth-order valence-corrected chi connectivity index (χ4v) is 5.30. The second-order valence-electron chi connectivity index (χ2n) is 8.82. The van der Waals surface area contributed by atoms with Gasteiger partial charge in [-0.2, -0.15) is 5.10 Å². The van der Waals surface area contributed by atoms with E-state index in [1.54, 1.807) is 0 Å². The van der Waals surface area contributed by atoms with Crippen molar-refractivity contribution in [2.45, 2.75) is 19.5 Å². The Morgan fingerprint density at radius 2 is 1.69 bits per heavy atom. The number of halogens is 1. The fraction of sp³-hybridized carbons (Fsp3) is 0.103. The Hall–Kier alpha value is -4.10. The number of fused-ring (bicyclic) bond motifs is 3. The van der Waals surface area contributed by atoms with E-state index in [2.05, 4.69) is 50.2 Å². The second kappa shape index (κ2) is 9.17. The molecule has 3 heterocycles. The van der Waals surface area contributed by atoms with Crippen LogP contribution in [0.1, 0.15) is 28.6 Å². The number of urea groups is 1. The van der Waals surface area contributed by atoms with Gasteiger partial charge in [0.05, 0.1) is 29.7 Å². The molecule has 0 unspecified atom stereocenters. The van der Waals surface area contributed by atoms with Crippen LogP contribution in [0.3, 0.4) is 0 Å². The van der Waals surface area contributed by atoms with Gasteiger partial charge >= 0.3 is 6.03 Å². The van der Waals surface area contributed by atoms with Crippen molar-refractivity contribution in [3.63, 3.8) is 0 Å². The van der Waals surface area contributed by atoms with Crippen LogP contribution in [0.5, 0.6) is 0 Å². The van der Waals surface area contributed by atoms with Crippen LogP contribution in [0, 0.1) is 6.92 Å². The number of aromatic nitrogens is 3. The molecule has 5 aromatic rings. The largest absolute Gasteiger partial charge is 0.322 e. The lowest BCUT2D eigenvalue weighted by atomic mass is 10.0. The molecule has 3 aromatic carbocycles. The fourth-order valence-electron chi connectivity index (χ4n) is 4.90. The molecule has 1 N–H and O–H groups in total. The molecule has 0 aliphatic carbocycles. The molecule has 0 saturated carbocycles. The first-order valence-electron chi connectivity index (χ1n) is 11.8. The summed E-state index contributed by atoms with van der Waals surface area (Å²) in [6, 6.07) is 31.6. The molecule has 1 atom stereocenters. The van der Waals surface area contributed by atoms with Gasteiger partial charge in [0.25, 0.3) is 0 Å². The molecule has 0 spiro atoms. The molecule has 6 nitrogen and oxygen atoms in total. The van der Waals surface area contributed by atoms with Crippen LogP contribution >= 0.6 is 15.9 Å². The molecule has 2 amide bonds. The van der Waals surface area contributed by atoms with Crippen molar-refractivity contribution in [2.24, 2.45) is 0 Å². The minimum atomic E-state index is -0.288. The van der Waals surface area contributed by atoms with E-state index in [0.717, 1.165) is 44.2 Å². The minimum absolute atomic E-state index is 0.172. The number of carbonyl (C=O) groups excluding carboxylic acids is 1. The monoisotopic (exact) mass is 537 g/mol. The van der Waals surface area contributed by atoms with Crippen LogP contribution < -0.4 is 5.32 Å². The van der Waals surface area contributed by atoms with E-state index in [1.807, 2.05) is 95.4 Å². The number of hydrogen-bond acceptors (Lipinski definition) is 2. The van der Waals surface area contributed by atoms with Crippen LogP contribution in [-0.2, 0) is 6.54 Å². The first-order chi connectivity index (χ1) is 17.6. The molecule has 6 rings (SSSR count). The summed E-state index contributed by atoms with van der Waals surface area (Å²) in [7, 11) is 0. The maximum Gasteiger partial charge on any atom is 0.322 e. The zero-order valence-electron chi connectivity index (χ0n) is 19.7. The third-order valence-electron chi connectivity index (χ3n) is 6.54. The average molecular weight is 538 g/mol. The zero-order valence-corrected chi connectivity index (χ0v) is 21.3. The van der Waals surface area contributed by atoms with Crippen LogP contribution in [0.25, 0.3) is 11.5 Å². The molecule has 0 radical (unpaired) electrons. The summed E-state index contributed by atoms with van der Waals surface area (Å²) in [6.07, 6.45) is 2.06. The van der Waals surface area contributed by atoms with E-state index in [4.69, 9.17) is 5.10 Å². The Bertz CT molecular complexity index is 1540. The van der Waals surface area contributed by atoms with Crippen LogP contribution in [-0.4, -0.2) is 25.3 Å². The predicted molar refractivity (Wildman–Crippen MR) is 145 cm³/mol. The molecular weight excluding hydrogens is 514 g/mol. The lowest BCUT2D eigenvalue weighted by molar-refractivity contribution is 0.194. The van der Waals surface area contributed by atoms with Crippen molar-refractivity contribution in [1.29, 1.82) is 0 Å². The highest BCUT2D eigenvalue weighted by molar-refractivity contribution is 9.10. The van der Waals surface area contributed by atoms with Gasteiger partial charge in [0, 0.05) is 21.9 Å². The first kappa shape index (κ1) is 22.4. The molecule has 1 aliphatic rings. The van der Waals surface area contributed by atoms with Crippen molar-refractivity contribution in [2.75, 3.05) is 5.32 Å². The standard InChI is InChI=1S/C29H24BrN5O/c1-20-25-19-34(29(36)31-23-13-8-12-22(30)18-23)27(21-10-4-2-5-11-21)26-16-9-17-33(26)28(25)35(32-20)24-14-6-3-7-15-24/h2-18,27H,19H2,1H3,(H,31,36)/t27-/m1/s1. The minimum Gasteiger partial charge on any atom is -0.308 e. The topological polar surface area (TPSA) is 55.1 Å². The quantitative estimate of drug-likeness (QED) is 0.273. The van der Waals surface area contributed by atoms with Crippen molar-refractivity contribution >= 4 is 27.6 Å². The summed E-state index contributed by atoms with van der Waals surface area (Å²) >= 11 is 3.50. The molecule has 7 heteroatoms. The maximum absolute atomic E-state index is 13.9. The van der Waals surface area contributed by atoms with Crippen molar-refractivity contribution < 1.29 is 4.79 Å². The Morgan fingerprint density at radius 3 is 2.44 bits per heavy atom. The highest BCUT2D eigenvalue weighted by atomic mass is 79.9. The van der Waals surface area contributed by atoms with Crippen molar-refractivity contribution in [1.82, 2.24) is 19.2 Å². The lowest BCUT2D eigenvalue weighted by Gasteiger charge is -2.31. The van der Waals surface area contributed by atoms with E-state index < -0.39 is 0 Å². The van der Waals surface area contributed by atoms with E-state index in [-0.39, 0.29) is 12.1 Å². The number of para-hydroxylation sites is 1. The van der Waals surface area contributed by atoms with Gasteiger partial charge in [0.2, 0.25) is 0 Å². The third-order valence-corrected chi connectivity index (χ3v) is 7.03. The summed E-state index contributed by atoms with van der Waals surface area (Å²) in [4.78, 5) is 15.8. The van der Waals surface area contributed by atoms with E-state index in [9.17, 15) is 4.79 Å². The SMILES string of the molecule is Cc1nn(-c2ccccc2)c2c1CN(C(=O)Nc1cccc(Br)c1)[C@H](c1ccccc1)c1cccn1-2. The number of nitrogens with one attached hydrogen (secondary N) is 1. The number of amides is 2. The van der Waals surface area contributed by atoms with E-state index in [1.165, 1.54) is 0 Å². The van der Waals surface area contributed by atoms with Gasteiger partial charge < -0.3 is 14.8 Å². The number of benzene rings is 3. The Labute approximate surface area is 217 Å². The Balaban J connectivity index is 1.53. The number of carbonyl (C=O) groups is 1. The lowest BCUT2D eigenvalue weighted by Crippen LogP contribution is -2.38. The summed E-state index contributed by atoms with van der Waals surface area (Å²) < 4.78 is 5.06. The van der Waals surface area contributed by atoms with Gasteiger partial charge in [-0.1, -0.05) is 70.5 Å². The van der Waals surface area contributed by atoms with Crippen LogP contribution in [0.15, 0.2) is 108 Å². The highest BCUT2D eigenvalue weighted by Gasteiger charge is 2.35. The summed E-state index contributed by atoms with van der Waals surface area (Å²) in [5.41, 5.74) is 5.66. The molecular formula is C29H24BrN5O. The molecule has 0 fully saturated rings. The summed E-state index contributed by atoms with van der Waals surface area (Å²) in [6.45, 7) is 2.42. The van der Waals surface area contributed by atoms with E-state index in [0.29, 0.717) is 6.54 Å². The average Bonchev–Trinajstić information content (AvgIpc) is 3.45.